The predicted molar refractivity (Wildman–Crippen MR) is 92.7 cm³/mol. The van der Waals surface area contributed by atoms with Gasteiger partial charge in [0.2, 0.25) is 0 Å². The summed E-state index contributed by atoms with van der Waals surface area (Å²) in [6.07, 6.45) is -0.474. The molecule has 0 radical (unpaired) electrons. The van der Waals surface area contributed by atoms with Crippen LogP contribution in [0.2, 0.25) is 0 Å². The van der Waals surface area contributed by atoms with Crippen LogP contribution >= 0.6 is 0 Å². The molecule has 0 aromatic heterocycles. The Hall–Kier alpha value is -2.69. The van der Waals surface area contributed by atoms with Crippen molar-refractivity contribution in [2.45, 2.75) is 20.0 Å². The first-order valence-electron chi connectivity index (χ1n) is 7.92. The Balaban J connectivity index is 1.77. The first-order chi connectivity index (χ1) is 11.5. The molecule has 0 unspecified atom stereocenters. The normalized spacial score (nSPS) is 10.3. The second-order valence-electron chi connectivity index (χ2n) is 5.59. The topological polar surface area (TPSA) is 48.0 Å². The molecular weight excluding hydrogens is 306 g/mol. The second-order valence-corrected chi connectivity index (χ2v) is 5.59. The first-order valence-corrected chi connectivity index (χ1v) is 7.92. The molecule has 24 heavy (non-hydrogen) atoms. The van der Waals surface area contributed by atoms with E-state index in [0.717, 1.165) is 17.2 Å². The number of hydrogen-bond donors (Lipinski definition) is 0. The van der Waals surface area contributed by atoms with E-state index in [1.165, 1.54) is 4.90 Å². The van der Waals surface area contributed by atoms with Crippen molar-refractivity contribution >= 4 is 6.09 Å². The highest BCUT2D eigenvalue weighted by Gasteiger charge is 2.11. The molecule has 2 rings (SSSR count). The van der Waals surface area contributed by atoms with Gasteiger partial charge in [-0.05, 0) is 50.2 Å². The number of amides is 1. The molecule has 0 fully saturated rings. The van der Waals surface area contributed by atoms with Gasteiger partial charge in [-0.25, -0.2) is 4.79 Å². The fourth-order valence-corrected chi connectivity index (χ4v) is 1.91. The van der Waals surface area contributed by atoms with Crippen molar-refractivity contribution in [1.82, 2.24) is 4.90 Å². The molecule has 5 heteroatoms. The summed E-state index contributed by atoms with van der Waals surface area (Å²) >= 11 is 0. The zero-order valence-electron chi connectivity index (χ0n) is 14.3. The lowest BCUT2D eigenvalue weighted by atomic mass is 10.3. The molecule has 0 aliphatic carbocycles. The van der Waals surface area contributed by atoms with E-state index in [4.69, 9.17) is 14.2 Å². The lowest BCUT2D eigenvalue weighted by Gasteiger charge is -2.18. The van der Waals surface area contributed by atoms with Gasteiger partial charge in [-0.1, -0.05) is 18.2 Å². The summed E-state index contributed by atoms with van der Waals surface area (Å²) < 4.78 is 16.5. The third-order valence-corrected chi connectivity index (χ3v) is 3.15. The third kappa shape index (κ3) is 5.83. The lowest BCUT2D eigenvalue weighted by Crippen LogP contribution is -2.32. The minimum Gasteiger partial charge on any atom is -0.492 e. The standard InChI is InChI=1S/C19H23NO4/c1-15(2)23-19(21)20(3)13-14-22-16-9-11-18(12-10-16)24-17-7-5-4-6-8-17/h4-12,15H,13-14H2,1-3H3. The number of nitrogens with zero attached hydrogens (tertiary/aromatic N) is 1. The number of ether oxygens (including phenoxy) is 3. The van der Waals surface area contributed by atoms with Gasteiger partial charge >= 0.3 is 6.09 Å². The Morgan fingerprint density at radius 3 is 2.17 bits per heavy atom. The van der Waals surface area contributed by atoms with E-state index in [9.17, 15) is 4.79 Å². The first kappa shape index (κ1) is 17.7. The molecule has 0 aliphatic rings. The van der Waals surface area contributed by atoms with Crippen LogP contribution in [0.4, 0.5) is 4.79 Å². The predicted octanol–water partition coefficient (Wildman–Crippen LogP) is 4.33. The van der Waals surface area contributed by atoms with Gasteiger partial charge in [0.1, 0.15) is 23.9 Å². The highest BCUT2D eigenvalue weighted by atomic mass is 16.6. The van der Waals surface area contributed by atoms with Gasteiger partial charge in [-0.2, -0.15) is 0 Å². The fourth-order valence-electron chi connectivity index (χ4n) is 1.91. The van der Waals surface area contributed by atoms with Crippen LogP contribution in [0.15, 0.2) is 54.6 Å². The summed E-state index contributed by atoms with van der Waals surface area (Å²) in [6, 6.07) is 17.0. The van der Waals surface area contributed by atoms with Crippen LogP contribution in [0.3, 0.4) is 0 Å². The summed E-state index contributed by atoms with van der Waals surface area (Å²) in [6.45, 7) is 4.49. The van der Waals surface area contributed by atoms with Gasteiger partial charge in [-0.3, -0.25) is 0 Å². The highest BCUT2D eigenvalue weighted by molar-refractivity contribution is 5.67. The number of rotatable bonds is 7. The average molecular weight is 329 g/mol. The largest absolute Gasteiger partial charge is 0.492 e. The van der Waals surface area contributed by atoms with Crippen LogP contribution in [0.5, 0.6) is 17.2 Å². The minimum absolute atomic E-state index is 0.127. The van der Waals surface area contributed by atoms with Crippen LogP contribution in [0.1, 0.15) is 13.8 Å². The molecule has 128 valence electrons. The molecule has 2 aromatic rings. The summed E-state index contributed by atoms with van der Waals surface area (Å²) in [5.41, 5.74) is 0. The van der Waals surface area contributed by atoms with E-state index in [1.54, 1.807) is 7.05 Å². The van der Waals surface area contributed by atoms with Crippen molar-refractivity contribution in [3.63, 3.8) is 0 Å². The molecule has 0 spiro atoms. The van der Waals surface area contributed by atoms with E-state index in [0.29, 0.717) is 13.2 Å². The van der Waals surface area contributed by atoms with Gasteiger partial charge in [0, 0.05) is 7.05 Å². The maximum absolute atomic E-state index is 11.6. The molecule has 0 bridgehead atoms. The SMILES string of the molecule is CC(C)OC(=O)N(C)CCOc1ccc(Oc2ccccc2)cc1. The van der Waals surface area contributed by atoms with Crippen molar-refractivity contribution in [2.24, 2.45) is 0 Å². The Morgan fingerprint density at radius 2 is 1.54 bits per heavy atom. The third-order valence-electron chi connectivity index (χ3n) is 3.15. The molecule has 0 saturated heterocycles. The quantitative estimate of drug-likeness (QED) is 0.758. The maximum Gasteiger partial charge on any atom is 0.409 e. The van der Waals surface area contributed by atoms with Gasteiger partial charge in [-0.15, -0.1) is 0 Å². The van der Waals surface area contributed by atoms with E-state index in [1.807, 2.05) is 68.4 Å². The molecule has 0 N–H and O–H groups in total. The average Bonchev–Trinajstić information content (AvgIpc) is 2.56. The molecular formula is C19H23NO4. The van der Waals surface area contributed by atoms with E-state index in [2.05, 4.69) is 0 Å². The minimum atomic E-state index is -0.347. The highest BCUT2D eigenvalue weighted by Crippen LogP contribution is 2.23. The summed E-state index contributed by atoms with van der Waals surface area (Å²) in [7, 11) is 1.69. The van der Waals surface area contributed by atoms with E-state index in [-0.39, 0.29) is 12.2 Å². The maximum atomic E-state index is 11.6. The van der Waals surface area contributed by atoms with Gasteiger partial charge in [0.25, 0.3) is 0 Å². The number of hydrogen-bond acceptors (Lipinski definition) is 4. The zero-order chi connectivity index (χ0) is 17.4. The molecule has 1 amide bonds. The number of carbonyl (C=O) groups excluding carboxylic acids is 1. The van der Waals surface area contributed by atoms with Crippen LogP contribution in [0, 0.1) is 0 Å². The monoisotopic (exact) mass is 329 g/mol. The number of para-hydroxylation sites is 1. The second kappa shape index (κ2) is 8.82. The van der Waals surface area contributed by atoms with Crippen LogP contribution in [-0.4, -0.2) is 37.3 Å². The van der Waals surface area contributed by atoms with Gasteiger partial charge in [0.15, 0.2) is 0 Å². The Labute approximate surface area is 142 Å². The lowest BCUT2D eigenvalue weighted by molar-refractivity contribution is 0.0801. The summed E-state index contributed by atoms with van der Waals surface area (Å²) in [4.78, 5) is 13.1. The van der Waals surface area contributed by atoms with Gasteiger partial charge in [0.05, 0.1) is 12.6 Å². The van der Waals surface area contributed by atoms with E-state index >= 15 is 0 Å². The molecule has 0 atom stereocenters. The van der Waals surface area contributed by atoms with Crippen molar-refractivity contribution < 1.29 is 19.0 Å². The van der Waals surface area contributed by atoms with Crippen molar-refractivity contribution in [3.8, 4) is 17.2 Å². The van der Waals surface area contributed by atoms with Crippen LogP contribution in [0.25, 0.3) is 0 Å². The van der Waals surface area contributed by atoms with Crippen molar-refractivity contribution in [1.29, 1.82) is 0 Å². The number of likely N-dealkylation sites (N-methyl/N-ethyl adjacent to an activating group) is 1. The molecule has 0 saturated carbocycles. The van der Waals surface area contributed by atoms with Crippen LogP contribution < -0.4 is 9.47 Å². The zero-order valence-corrected chi connectivity index (χ0v) is 14.3. The Morgan fingerprint density at radius 1 is 0.958 bits per heavy atom. The number of carbonyl (C=O) groups is 1. The summed E-state index contributed by atoms with van der Waals surface area (Å²) in [5, 5.41) is 0. The molecule has 0 heterocycles. The smallest absolute Gasteiger partial charge is 0.409 e. The van der Waals surface area contributed by atoms with E-state index < -0.39 is 0 Å². The van der Waals surface area contributed by atoms with Gasteiger partial charge < -0.3 is 19.1 Å². The van der Waals surface area contributed by atoms with Crippen molar-refractivity contribution in [3.05, 3.63) is 54.6 Å². The Kier molecular flexibility index (Phi) is 6.49. The van der Waals surface area contributed by atoms with Crippen molar-refractivity contribution in [2.75, 3.05) is 20.2 Å². The Bertz CT molecular complexity index is 626. The summed E-state index contributed by atoms with van der Waals surface area (Å²) in [5.74, 6) is 2.25. The molecule has 0 aliphatic heterocycles. The van der Waals surface area contributed by atoms with Crippen LogP contribution in [-0.2, 0) is 4.74 Å². The fraction of sp³-hybridized carbons (Fsp3) is 0.316. The molecule has 2 aromatic carbocycles. The molecule has 5 nitrogen and oxygen atoms in total. The number of benzene rings is 2.